The molecule has 1 rings (SSSR count). The first-order valence-corrected chi connectivity index (χ1v) is 10.6. The second-order valence-electron chi connectivity index (χ2n) is 6.62. The summed E-state index contributed by atoms with van der Waals surface area (Å²) >= 11 is 0. The fourth-order valence-corrected chi connectivity index (χ4v) is 3.46. The number of hydrogen-bond acceptors (Lipinski definition) is 4. The molecule has 1 aliphatic heterocycles. The Morgan fingerprint density at radius 3 is 2.56 bits per heavy atom. The van der Waals surface area contributed by atoms with Crippen LogP contribution in [-0.2, 0) is 14.8 Å². The number of rotatable bonds is 10. The van der Waals surface area contributed by atoms with E-state index in [4.69, 9.17) is 4.74 Å². The molecule has 0 saturated carbocycles. The van der Waals surface area contributed by atoms with Gasteiger partial charge in [-0.05, 0) is 38.0 Å². The van der Waals surface area contributed by atoms with Crippen LogP contribution in [0.5, 0.6) is 0 Å². The number of aliphatic imine (C=N–C) groups is 1. The molecule has 0 spiro atoms. The van der Waals surface area contributed by atoms with Crippen molar-refractivity contribution in [1.82, 2.24) is 15.4 Å². The predicted molar refractivity (Wildman–Crippen MR) is 114 cm³/mol. The first-order valence-electron chi connectivity index (χ1n) is 8.96. The lowest BCUT2D eigenvalue weighted by atomic mass is 10.1. The van der Waals surface area contributed by atoms with Crippen molar-refractivity contribution < 1.29 is 13.2 Å². The van der Waals surface area contributed by atoms with E-state index in [1.807, 2.05) is 0 Å². The van der Waals surface area contributed by atoms with E-state index in [2.05, 4.69) is 34.2 Å². The largest absolute Gasteiger partial charge is 0.377 e. The number of guanidine groups is 1. The molecule has 7 nitrogen and oxygen atoms in total. The SMILES string of the molecule is CN=C(NCCCC(C)C)NCCS(=O)(=O)NCC1CCCCO1.I. The van der Waals surface area contributed by atoms with Crippen molar-refractivity contribution >= 4 is 40.0 Å². The van der Waals surface area contributed by atoms with Crippen LogP contribution in [0.25, 0.3) is 0 Å². The molecule has 1 atom stereocenters. The van der Waals surface area contributed by atoms with Crippen LogP contribution in [0.1, 0.15) is 46.0 Å². The van der Waals surface area contributed by atoms with Crippen molar-refractivity contribution in [3.8, 4) is 0 Å². The van der Waals surface area contributed by atoms with Crippen molar-refractivity contribution in [2.24, 2.45) is 10.9 Å². The van der Waals surface area contributed by atoms with Gasteiger partial charge in [-0.1, -0.05) is 13.8 Å². The first-order chi connectivity index (χ1) is 11.4. The molecule has 9 heteroatoms. The summed E-state index contributed by atoms with van der Waals surface area (Å²) < 4.78 is 32.2. The first kappa shape index (κ1) is 24.9. The van der Waals surface area contributed by atoms with Gasteiger partial charge in [0.05, 0.1) is 11.9 Å². The van der Waals surface area contributed by atoms with Crippen molar-refractivity contribution in [3.05, 3.63) is 0 Å². The highest BCUT2D eigenvalue weighted by Gasteiger charge is 2.17. The van der Waals surface area contributed by atoms with Crippen molar-refractivity contribution in [3.63, 3.8) is 0 Å². The van der Waals surface area contributed by atoms with E-state index in [1.54, 1.807) is 7.05 Å². The minimum Gasteiger partial charge on any atom is -0.377 e. The maximum Gasteiger partial charge on any atom is 0.213 e. The highest BCUT2D eigenvalue weighted by Crippen LogP contribution is 2.11. The Labute approximate surface area is 170 Å². The highest BCUT2D eigenvalue weighted by molar-refractivity contribution is 14.0. The summed E-state index contributed by atoms with van der Waals surface area (Å²) in [5, 5.41) is 6.24. The van der Waals surface area contributed by atoms with Gasteiger partial charge in [0.25, 0.3) is 0 Å². The van der Waals surface area contributed by atoms with E-state index in [0.717, 1.165) is 45.3 Å². The number of ether oxygens (including phenoxy) is 1. The van der Waals surface area contributed by atoms with Crippen LogP contribution in [0, 0.1) is 5.92 Å². The van der Waals surface area contributed by atoms with Gasteiger partial charge >= 0.3 is 0 Å². The van der Waals surface area contributed by atoms with Crippen LogP contribution in [-0.4, -0.2) is 59.5 Å². The molecule has 0 amide bonds. The quantitative estimate of drug-likeness (QED) is 0.188. The van der Waals surface area contributed by atoms with Gasteiger partial charge in [-0.3, -0.25) is 4.99 Å². The summed E-state index contributed by atoms with van der Waals surface area (Å²) in [5.74, 6) is 1.35. The van der Waals surface area contributed by atoms with E-state index in [9.17, 15) is 8.42 Å². The van der Waals surface area contributed by atoms with Gasteiger partial charge in [-0.25, -0.2) is 13.1 Å². The van der Waals surface area contributed by atoms with Crippen LogP contribution in [0.2, 0.25) is 0 Å². The minimum atomic E-state index is -3.30. The smallest absolute Gasteiger partial charge is 0.213 e. The molecular weight excluding hydrogens is 455 g/mol. The number of nitrogens with one attached hydrogen (secondary N) is 3. The standard InChI is InChI=1S/C16H34N4O3S.HI/c1-14(2)7-6-9-18-16(17-3)19-10-12-24(21,22)20-13-15-8-4-5-11-23-15;/h14-15,20H,4-13H2,1-3H3,(H2,17,18,19);1H. The monoisotopic (exact) mass is 490 g/mol. The molecule has 0 radical (unpaired) electrons. The fourth-order valence-electron chi connectivity index (χ4n) is 2.50. The third-order valence-corrected chi connectivity index (χ3v) is 5.29. The zero-order valence-electron chi connectivity index (χ0n) is 15.7. The fraction of sp³-hybridized carbons (Fsp3) is 0.938. The van der Waals surface area contributed by atoms with Gasteiger partial charge in [0, 0.05) is 33.3 Å². The van der Waals surface area contributed by atoms with E-state index in [0.29, 0.717) is 25.0 Å². The Hall–Kier alpha value is -0.130. The Morgan fingerprint density at radius 1 is 1.24 bits per heavy atom. The molecule has 1 heterocycles. The van der Waals surface area contributed by atoms with Gasteiger partial charge in [0.2, 0.25) is 10.0 Å². The molecule has 0 aromatic carbocycles. The number of sulfonamides is 1. The zero-order valence-corrected chi connectivity index (χ0v) is 18.9. The van der Waals surface area contributed by atoms with Crippen molar-refractivity contribution in [1.29, 1.82) is 0 Å². The summed E-state index contributed by atoms with van der Waals surface area (Å²) in [6.07, 6.45) is 5.33. The summed E-state index contributed by atoms with van der Waals surface area (Å²) in [6.45, 7) is 6.65. The minimum absolute atomic E-state index is 0. The maximum atomic E-state index is 12.0. The highest BCUT2D eigenvalue weighted by atomic mass is 127. The topological polar surface area (TPSA) is 91.8 Å². The third-order valence-electron chi connectivity index (χ3n) is 3.94. The van der Waals surface area contributed by atoms with E-state index in [1.165, 1.54) is 0 Å². The van der Waals surface area contributed by atoms with Crippen molar-refractivity contribution in [2.45, 2.75) is 52.1 Å². The molecule has 1 unspecified atom stereocenters. The molecule has 0 aromatic heterocycles. The Kier molecular flexibility index (Phi) is 13.9. The molecule has 0 bridgehead atoms. The Balaban J connectivity index is 0.00000576. The predicted octanol–water partition coefficient (Wildman–Crippen LogP) is 1.69. The van der Waals surface area contributed by atoms with Gasteiger partial charge in [-0.15, -0.1) is 24.0 Å². The summed E-state index contributed by atoms with van der Waals surface area (Å²) in [4.78, 5) is 4.10. The van der Waals surface area contributed by atoms with Gasteiger partial charge < -0.3 is 15.4 Å². The molecular formula is C16H35IN4O3S. The lowest BCUT2D eigenvalue weighted by Gasteiger charge is -2.22. The van der Waals surface area contributed by atoms with E-state index >= 15 is 0 Å². The summed E-state index contributed by atoms with van der Waals surface area (Å²) in [6, 6.07) is 0. The second kappa shape index (κ2) is 14.0. The molecule has 0 aliphatic carbocycles. The molecule has 25 heavy (non-hydrogen) atoms. The average Bonchev–Trinajstić information content (AvgIpc) is 2.56. The van der Waals surface area contributed by atoms with Crippen LogP contribution >= 0.6 is 24.0 Å². The second-order valence-corrected chi connectivity index (χ2v) is 8.54. The molecule has 0 aromatic rings. The van der Waals surface area contributed by atoms with Crippen molar-refractivity contribution in [2.75, 3.05) is 39.0 Å². The van der Waals surface area contributed by atoms with E-state index in [-0.39, 0.29) is 35.8 Å². The van der Waals surface area contributed by atoms with Gasteiger partial charge in [0.15, 0.2) is 5.96 Å². The molecule has 1 saturated heterocycles. The lowest BCUT2D eigenvalue weighted by Crippen LogP contribution is -2.42. The van der Waals surface area contributed by atoms with Crippen LogP contribution in [0.3, 0.4) is 0 Å². The molecule has 3 N–H and O–H groups in total. The van der Waals surface area contributed by atoms with Crippen LogP contribution < -0.4 is 15.4 Å². The average molecular weight is 490 g/mol. The molecule has 150 valence electrons. The molecule has 1 aliphatic rings. The van der Waals surface area contributed by atoms with Gasteiger partial charge in [-0.2, -0.15) is 0 Å². The normalized spacial score (nSPS) is 18.7. The Bertz CT molecular complexity index is 466. The summed E-state index contributed by atoms with van der Waals surface area (Å²) in [5.41, 5.74) is 0. The van der Waals surface area contributed by atoms with Crippen LogP contribution in [0.15, 0.2) is 4.99 Å². The number of hydrogen-bond donors (Lipinski definition) is 3. The number of halogens is 1. The molecule has 1 fully saturated rings. The summed E-state index contributed by atoms with van der Waals surface area (Å²) in [7, 11) is -1.61. The van der Waals surface area contributed by atoms with Gasteiger partial charge in [0.1, 0.15) is 0 Å². The lowest BCUT2D eigenvalue weighted by molar-refractivity contribution is 0.0200. The van der Waals surface area contributed by atoms with Crippen LogP contribution in [0.4, 0.5) is 0 Å². The maximum absolute atomic E-state index is 12.0. The van der Waals surface area contributed by atoms with E-state index < -0.39 is 10.0 Å². The Morgan fingerprint density at radius 2 is 1.96 bits per heavy atom. The number of nitrogens with zero attached hydrogens (tertiary/aromatic N) is 1. The third kappa shape index (κ3) is 12.8. The zero-order chi connectivity index (χ0) is 17.8.